The Balaban J connectivity index is 1.56. The second kappa shape index (κ2) is 6.70. The number of ether oxygens (including phenoxy) is 1. The fourth-order valence-electron chi connectivity index (χ4n) is 4.49. The number of likely N-dealkylation sites (tertiary alicyclic amines) is 1. The van der Waals surface area contributed by atoms with Crippen molar-refractivity contribution in [1.82, 2.24) is 14.7 Å². The summed E-state index contributed by atoms with van der Waals surface area (Å²) < 4.78 is 20.8. The monoisotopic (exact) mass is 386 g/mol. The fraction of sp³-hybridized carbons (Fsp3) is 0.450. The van der Waals surface area contributed by atoms with E-state index in [-0.39, 0.29) is 17.6 Å². The second-order valence-electron chi connectivity index (χ2n) is 7.46. The minimum atomic E-state index is -0.577. The van der Waals surface area contributed by atoms with E-state index >= 15 is 0 Å². The lowest BCUT2D eigenvalue weighted by Gasteiger charge is -2.59. The molecule has 4 rings (SSSR count). The van der Waals surface area contributed by atoms with E-state index in [2.05, 4.69) is 5.10 Å². The van der Waals surface area contributed by atoms with Crippen molar-refractivity contribution < 1.29 is 18.7 Å². The number of β-lactam (4-membered cyclic amide) rings is 1. The molecule has 7 nitrogen and oxygen atoms in total. The van der Waals surface area contributed by atoms with Gasteiger partial charge in [0.2, 0.25) is 0 Å². The van der Waals surface area contributed by atoms with Crippen LogP contribution in [0.1, 0.15) is 29.0 Å². The van der Waals surface area contributed by atoms with Gasteiger partial charge in [-0.1, -0.05) is 6.07 Å². The van der Waals surface area contributed by atoms with Crippen molar-refractivity contribution in [3.63, 3.8) is 0 Å². The van der Waals surface area contributed by atoms with E-state index in [1.165, 1.54) is 19.2 Å². The molecular formula is C20H23FN4O3. The first-order valence-electron chi connectivity index (χ1n) is 9.30. The molecule has 1 unspecified atom stereocenters. The predicted molar refractivity (Wildman–Crippen MR) is 100 cm³/mol. The molecule has 2 amide bonds. The molecule has 0 bridgehead atoms. The Morgan fingerprint density at radius 1 is 1.29 bits per heavy atom. The van der Waals surface area contributed by atoms with Crippen LogP contribution in [0.3, 0.4) is 0 Å². The van der Waals surface area contributed by atoms with Crippen LogP contribution >= 0.6 is 0 Å². The fourth-order valence-corrected chi connectivity index (χ4v) is 4.49. The normalized spacial score (nSPS) is 21.1. The maximum absolute atomic E-state index is 13.7. The number of rotatable bonds is 3. The minimum Gasteiger partial charge on any atom is -0.369 e. The predicted octanol–water partition coefficient (Wildman–Crippen LogP) is 1.90. The van der Waals surface area contributed by atoms with Crippen molar-refractivity contribution in [2.75, 3.05) is 25.1 Å². The number of methoxy groups -OCH3 is 1. The van der Waals surface area contributed by atoms with Crippen LogP contribution in [0.4, 0.5) is 10.1 Å². The number of carbonyl (C=O) groups is 2. The molecule has 2 saturated heterocycles. The lowest BCUT2D eigenvalue weighted by molar-refractivity contribution is -0.150. The van der Waals surface area contributed by atoms with Gasteiger partial charge in [0, 0.05) is 32.9 Å². The minimum absolute atomic E-state index is 0.0742. The van der Waals surface area contributed by atoms with E-state index in [0.29, 0.717) is 37.3 Å². The van der Waals surface area contributed by atoms with Crippen LogP contribution in [0.5, 0.6) is 0 Å². The molecule has 2 aromatic rings. The van der Waals surface area contributed by atoms with E-state index in [1.54, 1.807) is 39.7 Å². The summed E-state index contributed by atoms with van der Waals surface area (Å²) in [6, 6.07) is 7.81. The van der Waals surface area contributed by atoms with Gasteiger partial charge in [-0.3, -0.25) is 14.3 Å². The Kier molecular flexibility index (Phi) is 4.45. The first-order valence-corrected chi connectivity index (χ1v) is 9.30. The molecule has 0 saturated carbocycles. The van der Waals surface area contributed by atoms with E-state index in [4.69, 9.17) is 4.74 Å². The highest BCUT2D eigenvalue weighted by Crippen LogP contribution is 2.45. The number of aromatic nitrogens is 2. The number of hydrogen-bond donors (Lipinski definition) is 0. The summed E-state index contributed by atoms with van der Waals surface area (Å²) in [5.41, 5.74) is 1.31. The molecule has 1 aromatic carbocycles. The summed E-state index contributed by atoms with van der Waals surface area (Å²) in [4.78, 5) is 28.9. The third-order valence-corrected chi connectivity index (χ3v) is 5.82. The molecule has 2 aliphatic heterocycles. The average molecular weight is 386 g/mol. The van der Waals surface area contributed by atoms with Gasteiger partial charge in [-0.25, -0.2) is 4.39 Å². The van der Waals surface area contributed by atoms with Gasteiger partial charge in [-0.05, 0) is 44.0 Å². The molecule has 0 N–H and O–H groups in total. The van der Waals surface area contributed by atoms with E-state index in [0.717, 1.165) is 5.69 Å². The Bertz CT molecular complexity index is 933. The van der Waals surface area contributed by atoms with Gasteiger partial charge in [-0.15, -0.1) is 0 Å². The summed E-state index contributed by atoms with van der Waals surface area (Å²) in [5, 5.41) is 4.24. The van der Waals surface area contributed by atoms with Gasteiger partial charge in [0.15, 0.2) is 6.10 Å². The first kappa shape index (κ1) is 18.6. The van der Waals surface area contributed by atoms with Crippen LogP contribution in [-0.4, -0.2) is 58.3 Å². The Labute approximate surface area is 162 Å². The van der Waals surface area contributed by atoms with Gasteiger partial charge in [0.25, 0.3) is 11.8 Å². The Morgan fingerprint density at radius 3 is 2.57 bits per heavy atom. The summed E-state index contributed by atoms with van der Waals surface area (Å²) in [7, 11) is 3.27. The van der Waals surface area contributed by atoms with Crippen LogP contribution in [0.2, 0.25) is 0 Å². The number of hydrogen-bond acceptors (Lipinski definition) is 4. The lowest BCUT2D eigenvalue weighted by atomic mass is 9.72. The quantitative estimate of drug-likeness (QED) is 0.756. The molecule has 2 aliphatic rings. The molecule has 2 fully saturated rings. The molecule has 1 aromatic heterocycles. The molecule has 8 heteroatoms. The van der Waals surface area contributed by atoms with Crippen molar-refractivity contribution in [3.05, 3.63) is 47.5 Å². The van der Waals surface area contributed by atoms with Crippen molar-refractivity contribution in [1.29, 1.82) is 0 Å². The second-order valence-corrected chi connectivity index (χ2v) is 7.46. The highest BCUT2D eigenvalue weighted by atomic mass is 19.1. The first-order chi connectivity index (χ1) is 13.4. The zero-order valence-corrected chi connectivity index (χ0v) is 16.2. The summed E-state index contributed by atoms with van der Waals surface area (Å²) in [6.45, 7) is 2.83. The van der Waals surface area contributed by atoms with Crippen molar-refractivity contribution >= 4 is 17.5 Å². The molecule has 28 heavy (non-hydrogen) atoms. The highest BCUT2D eigenvalue weighted by Gasteiger charge is 2.62. The zero-order valence-electron chi connectivity index (χ0n) is 16.2. The number of aryl methyl sites for hydroxylation is 2. The maximum Gasteiger partial charge on any atom is 0.272 e. The largest absolute Gasteiger partial charge is 0.369 e. The maximum atomic E-state index is 13.7. The van der Waals surface area contributed by atoms with Gasteiger partial charge in [0.05, 0.1) is 11.2 Å². The SMILES string of the molecule is COC1C(=O)N(c2cccc(F)c2)C12CCN(C(=O)c1cc(C)nn1C)CC2. The van der Waals surface area contributed by atoms with E-state index < -0.39 is 11.6 Å². The molecule has 0 radical (unpaired) electrons. The molecular weight excluding hydrogens is 363 g/mol. The molecule has 148 valence electrons. The summed E-state index contributed by atoms with van der Waals surface area (Å²) in [5.74, 6) is -0.634. The van der Waals surface area contributed by atoms with Crippen LogP contribution < -0.4 is 4.90 Å². The van der Waals surface area contributed by atoms with Gasteiger partial charge < -0.3 is 14.5 Å². The molecule has 3 heterocycles. The van der Waals surface area contributed by atoms with Crippen molar-refractivity contribution in [3.8, 4) is 0 Å². The van der Waals surface area contributed by atoms with Crippen LogP contribution in [0.25, 0.3) is 0 Å². The smallest absolute Gasteiger partial charge is 0.272 e. The van der Waals surface area contributed by atoms with Gasteiger partial charge in [0.1, 0.15) is 11.5 Å². The number of nitrogens with zero attached hydrogens (tertiary/aromatic N) is 4. The van der Waals surface area contributed by atoms with Crippen molar-refractivity contribution in [2.24, 2.45) is 7.05 Å². The number of halogens is 1. The Hall–Kier alpha value is -2.74. The van der Waals surface area contributed by atoms with Crippen LogP contribution in [0.15, 0.2) is 30.3 Å². The number of carbonyl (C=O) groups excluding carboxylic acids is 2. The van der Waals surface area contributed by atoms with E-state index in [9.17, 15) is 14.0 Å². The molecule has 1 atom stereocenters. The molecule has 0 aliphatic carbocycles. The Morgan fingerprint density at radius 2 is 2.00 bits per heavy atom. The number of piperidine rings is 1. The lowest BCUT2D eigenvalue weighted by Crippen LogP contribution is -2.78. The topological polar surface area (TPSA) is 67.7 Å². The number of anilines is 1. The standard InChI is InChI=1S/C20H23FN4O3/c1-13-11-16(23(2)22-13)18(26)24-9-7-20(8-10-24)17(28-3)19(27)25(20)15-6-4-5-14(21)12-15/h4-6,11-12,17H,7-10H2,1-3H3. The molecule has 1 spiro atoms. The third kappa shape index (κ3) is 2.71. The third-order valence-electron chi connectivity index (χ3n) is 5.82. The zero-order chi connectivity index (χ0) is 20.1. The van der Waals surface area contributed by atoms with Gasteiger partial charge >= 0.3 is 0 Å². The summed E-state index contributed by atoms with van der Waals surface area (Å²) >= 11 is 0. The average Bonchev–Trinajstić information content (AvgIpc) is 3.00. The van der Waals surface area contributed by atoms with Crippen LogP contribution in [-0.2, 0) is 16.6 Å². The summed E-state index contributed by atoms with van der Waals surface area (Å²) in [6.07, 6.45) is 0.555. The van der Waals surface area contributed by atoms with Crippen molar-refractivity contribution in [2.45, 2.75) is 31.4 Å². The van der Waals surface area contributed by atoms with Gasteiger partial charge in [-0.2, -0.15) is 5.10 Å². The highest BCUT2D eigenvalue weighted by molar-refractivity contribution is 6.07. The number of benzene rings is 1. The van der Waals surface area contributed by atoms with Crippen LogP contribution in [0, 0.1) is 12.7 Å². The number of amides is 2. The van der Waals surface area contributed by atoms with E-state index in [1.807, 2.05) is 6.92 Å².